The molecule has 2 heterocycles. The highest BCUT2D eigenvalue weighted by Gasteiger charge is 2.29. The average molecular weight is 510 g/mol. The number of hydrogen-bond acceptors (Lipinski definition) is 6. The number of methoxy groups -OCH3 is 1. The van der Waals surface area contributed by atoms with Crippen molar-refractivity contribution >= 4 is 12.1 Å². The number of benzene rings is 3. The molecule has 0 saturated heterocycles. The molecule has 0 fully saturated rings. The van der Waals surface area contributed by atoms with E-state index < -0.39 is 12.1 Å². The van der Waals surface area contributed by atoms with Gasteiger partial charge < -0.3 is 14.4 Å². The van der Waals surface area contributed by atoms with Gasteiger partial charge in [0.05, 0.1) is 36.5 Å². The second-order valence-electron chi connectivity index (χ2n) is 9.04. The monoisotopic (exact) mass is 509 g/mol. The molecular formula is C30H27N3O5. The Morgan fingerprint density at radius 1 is 0.895 bits per heavy atom. The number of carbonyl (C=O) groups excluding carboxylic acids is 2. The standard InChI is InChI=1S/C30H27N3O5/c1-20-31-26-17-18-32(30(36)38-24-15-13-23(14-16-24)29(35)37-2)19-25(26)28(34)33(20)27(21-9-5-3-6-10-21)22-11-7-4-8-12-22/h3-16,27H,17-19H2,1-2H3. The maximum Gasteiger partial charge on any atom is 0.415 e. The molecule has 0 bridgehead atoms. The molecule has 0 saturated carbocycles. The Labute approximate surface area is 220 Å². The van der Waals surface area contributed by atoms with Crippen molar-refractivity contribution in [3.05, 3.63) is 129 Å². The molecule has 0 unspecified atom stereocenters. The summed E-state index contributed by atoms with van der Waals surface area (Å²) < 4.78 is 11.9. The van der Waals surface area contributed by atoms with Crippen molar-refractivity contribution in [2.24, 2.45) is 0 Å². The summed E-state index contributed by atoms with van der Waals surface area (Å²) in [6.07, 6.45) is -0.125. The molecule has 1 aromatic heterocycles. The van der Waals surface area contributed by atoms with Crippen LogP contribution in [0.25, 0.3) is 0 Å². The van der Waals surface area contributed by atoms with Gasteiger partial charge in [-0.2, -0.15) is 0 Å². The molecule has 3 aromatic carbocycles. The Hall–Kier alpha value is -4.72. The van der Waals surface area contributed by atoms with Gasteiger partial charge in [0.1, 0.15) is 11.6 Å². The van der Waals surface area contributed by atoms with Gasteiger partial charge in [0, 0.05) is 13.0 Å². The first-order chi connectivity index (χ1) is 18.5. The predicted octanol–water partition coefficient (Wildman–Crippen LogP) is 4.53. The van der Waals surface area contributed by atoms with Gasteiger partial charge in [-0.05, 0) is 42.3 Å². The summed E-state index contributed by atoms with van der Waals surface area (Å²) in [6.45, 7) is 2.32. The van der Waals surface area contributed by atoms with E-state index in [1.165, 1.54) is 36.3 Å². The number of aromatic nitrogens is 2. The molecule has 5 rings (SSSR count). The van der Waals surface area contributed by atoms with Crippen LogP contribution in [0.4, 0.5) is 4.79 Å². The van der Waals surface area contributed by atoms with Crippen LogP contribution in [0.1, 0.15) is 44.6 Å². The van der Waals surface area contributed by atoms with Gasteiger partial charge in [-0.1, -0.05) is 60.7 Å². The fourth-order valence-corrected chi connectivity index (χ4v) is 4.77. The molecule has 1 amide bonds. The summed E-state index contributed by atoms with van der Waals surface area (Å²) >= 11 is 0. The first-order valence-corrected chi connectivity index (χ1v) is 12.3. The van der Waals surface area contributed by atoms with Crippen molar-refractivity contribution in [2.45, 2.75) is 25.9 Å². The van der Waals surface area contributed by atoms with E-state index in [9.17, 15) is 14.4 Å². The lowest BCUT2D eigenvalue weighted by Crippen LogP contribution is -2.43. The molecule has 0 atom stereocenters. The third kappa shape index (κ3) is 4.93. The Bertz CT molecular complexity index is 1480. The van der Waals surface area contributed by atoms with E-state index in [0.29, 0.717) is 41.4 Å². The number of nitrogens with zero attached hydrogens (tertiary/aromatic N) is 3. The van der Waals surface area contributed by atoms with Gasteiger partial charge in [-0.3, -0.25) is 9.36 Å². The Kier molecular flexibility index (Phi) is 7.04. The topological polar surface area (TPSA) is 90.7 Å². The van der Waals surface area contributed by atoms with Crippen molar-refractivity contribution < 1.29 is 19.1 Å². The van der Waals surface area contributed by atoms with E-state index in [2.05, 4.69) is 0 Å². The predicted molar refractivity (Wildman–Crippen MR) is 141 cm³/mol. The second-order valence-corrected chi connectivity index (χ2v) is 9.04. The van der Waals surface area contributed by atoms with Crippen LogP contribution in [0.15, 0.2) is 89.7 Å². The Balaban J connectivity index is 1.45. The molecule has 4 aromatic rings. The van der Waals surface area contributed by atoms with Gasteiger partial charge in [0.15, 0.2) is 0 Å². The van der Waals surface area contributed by atoms with Gasteiger partial charge in [-0.25, -0.2) is 14.6 Å². The highest BCUT2D eigenvalue weighted by Crippen LogP contribution is 2.27. The summed E-state index contributed by atoms with van der Waals surface area (Å²) in [7, 11) is 1.30. The highest BCUT2D eigenvalue weighted by molar-refractivity contribution is 5.89. The normalized spacial score (nSPS) is 12.7. The first-order valence-electron chi connectivity index (χ1n) is 12.3. The van der Waals surface area contributed by atoms with Crippen molar-refractivity contribution in [1.82, 2.24) is 14.5 Å². The second kappa shape index (κ2) is 10.7. The van der Waals surface area contributed by atoms with Crippen molar-refractivity contribution in [2.75, 3.05) is 13.7 Å². The van der Waals surface area contributed by atoms with Crippen LogP contribution in [0.2, 0.25) is 0 Å². The molecule has 8 nitrogen and oxygen atoms in total. The molecule has 1 aliphatic heterocycles. The number of carbonyl (C=O) groups is 2. The van der Waals surface area contributed by atoms with Crippen LogP contribution in [-0.4, -0.2) is 40.2 Å². The molecular weight excluding hydrogens is 482 g/mol. The zero-order valence-electron chi connectivity index (χ0n) is 21.2. The van der Waals surface area contributed by atoms with Gasteiger partial charge in [0.2, 0.25) is 0 Å². The molecule has 38 heavy (non-hydrogen) atoms. The van der Waals surface area contributed by atoms with Gasteiger partial charge >= 0.3 is 12.1 Å². The zero-order valence-corrected chi connectivity index (χ0v) is 21.2. The summed E-state index contributed by atoms with van der Waals surface area (Å²) in [5.41, 5.74) is 3.30. The van der Waals surface area contributed by atoms with Crippen LogP contribution in [0, 0.1) is 6.92 Å². The van der Waals surface area contributed by atoms with E-state index >= 15 is 0 Å². The number of aryl methyl sites for hydroxylation is 1. The van der Waals surface area contributed by atoms with Crippen molar-refractivity contribution in [3.8, 4) is 5.75 Å². The summed E-state index contributed by atoms with van der Waals surface area (Å²) in [5, 5.41) is 0. The summed E-state index contributed by atoms with van der Waals surface area (Å²) in [4.78, 5) is 44.9. The van der Waals surface area contributed by atoms with Crippen LogP contribution in [0.5, 0.6) is 5.75 Å². The maximum absolute atomic E-state index is 14.0. The van der Waals surface area contributed by atoms with E-state index in [1.807, 2.05) is 67.6 Å². The fraction of sp³-hybridized carbons (Fsp3) is 0.200. The first kappa shape index (κ1) is 25.0. The minimum Gasteiger partial charge on any atom is -0.465 e. The number of fused-ring (bicyclic) bond motifs is 1. The number of esters is 1. The number of hydrogen-bond donors (Lipinski definition) is 0. The molecule has 0 spiro atoms. The number of ether oxygens (including phenoxy) is 2. The lowest BCUT2D eigenvalue weighted by Gasteiger charge is -2.30. The third-order valence-electron chi connectivity index (χ3n) is 6.67. The quantitative estimate of drug-likeness (QED) is 0.367. The summed E-state index contributed by atoms with van der Waals surface area (Å²) in [5.74, 6) is 0.438. The Morgan fingerprint density at radius 3 is 2.08 bits per heavy atom. The molecule has 0 radical (unpaired) electrons. The highest BCUT2D eigenvalue weighted by atomic mass is 16.6. The minimum absolute atomic E-state index is 0.0941. The number of amides is 1. The Morgan fingerprint density at radius 2 is 1.50 bits per heavy atom. The molecule has 192 valence electrons. The summed E-state index contributed by atoms with van der Waals surface area (Å²) in [6, 6.07) is 25.4. The van der Waals surface area contributed by atoms with Crippen LogP contribution >= 0.6 is 0 Å². The zero-order chi connectivity index (χ0) is 26.6. The van der Waals surface area contributed by atoms with E-state index in [1.54, 1.807) is 4.57 Å². The van der Waals surface area contributed by atoms with Gasteiger partial charge in [-0.15, -0.1) is 0 Å². The number of rotatable bonds is 5. The fourth-order valence-electron chi connectivity index (χ4n) is 4.77. The third-order valence-corrected chi connectivity index (χ3v) is 6.67. The van der Waals surface area contributed by atoms with E-state index in [-0.39, 0.29) is 18.1 Å². The van der Waals surface area contributed by atoms with Crippen molar-refractivity contribution in [1.29, 1.82) is 0 Å². The van der Waals surface area contributed by atoms with E-state index in [0.717, 1.165) is 11.1 Å². The molecule has 1 aliphatic rings. The van der Waals surface area contributed by atoms with E-state index in [4.69, 9.17) is 14.5 Å². The lowest BCUT2D eigenvalue weighted by molar-refractivity contribution is 0.0600. The van der Waals surface area contributed by atoms with Crippen molar-refractivity contribution in [3.63, 3.8) is 0 Å². The van der Waals surface area contributed by atoms with Crippen LogP contribution in [0.3, 0.4) is 0 Å². The average Bonchev–Trinajstić information content (AvgIpc) is 2.96. The van der Waals surface area contributed by atoms with Gasteiger partial charge in [0.25, 0.3) is 5.56 Å². The molecule has 0 N–H and O–H groups in total. The molecule has 8 heteroatoms. The molecule has 0 aliphatic carbocycles. The lowest BCUT2D eigenvalue weighted by atomic mass is 9.97. The largest absolute Gasteiger partial charge is 0.465 e. The van der Waals surface area contributed by atoms with Crippen LogP contribution < -0.4 is 10.3 Å². The van der Waals surface area contributed by atoms with Crippen LogP contribution in [-0.2, 0) is 17.7 Å². The smallest absolute Gasteiger partial charge is 0.415 e. The SMILES string of the molecule is COC(=O)c1ccc(OC(=O)N2CCc3nc(C)n(C(c4ccccc4)c4ccccc4)c(=O)c3C2)cc1. The maximum atomic E-state index is 14.0. The minimum atomic E-state index is -0.573.